The minimum absolute atomic E-state index is 0.00478. The fraction of sp³-hybridized carbons (Fsp3) is 0.600. The second-order valence-electron chi connectivity index (χ2n) is 6.90. The number of sulfone groups is 1. The average molecular weight is 493 g/mol. The SMILES string of the molecule is O=S1(=O)CCC(S(=O)(=O)N2CCN(S(=O)(=O)c3cccc(OC(F)(F)F)c3)CC2)C1. The summed E-state index contributed by atoms with van der Waals surface area (Å²) in [5.74, 6) is -1.35. The van der Waals surface area contributed by atoms with Crippen LogP contribution in [0.25, 0.3) is 0 Å². The molecule has 2 saturated heterocycles. The number of ether oxygens (including phenoxy) is 1. The lowest BCUT2D eigenvalue weighted by atomic mass is 10.3. The van der Waals surface area contributed by atoms with Crippen LogP contribution in [0.15, 0.2) is 29.2 Å². The molecular formula is C15H19F3N2O7S3. The normalized spacial score (nSPS) is 24.0. The van der Waals surface area contributed by atoms with Crippen molar-refractivity contribution in [3.05, 3.63) is 24.3 Å². The van der Waals surface area contributed by atoms with Crippen molar-refractivity contribution in [3.63, 3.8) is 0 Å². The van der Waals surface area contributed by atoms with Gasteiger partial charge in [0, 0.05) is 32.2 Å². The summed E-state index contributed by atoms with van der Waals surface area (Å²) in [6.07, 6.45) is -4.98. The van der Waals surface area contributed by atoms with E-state index >= 15 is 0 Å². The molecule has 2 aliphatic heterocycles. The molecule has 0 aromatic heterocycles. The van der Waals surface area contributed by atoms with E-state index in [1.165, 1.54) is 0 Å². The minimum atomic E-state index is -4.98. The molecule has 0 spiro atoms. The van der Waals surface area contributed by atoms with Crippen LogP contribution in [-0.2, 0) is 29.9 Å². The van der Waals surface area contributed by atoms with Crippen LogP contribution in [0.3, 0.4) is 0 Å². The monoisotopic (exact) mass is 492 g/mol. The van der Waals surface area contributed by atoms with E-state index in [1.54, 1.807) is 0 Å². The Morgan fingerprint density at radius 3 is 2.13 bits per heavy atom. The van der Waals surface area contributed by atoms with Crippen LogP contribution in [0.5, 0.6) is 5.75 Å². The molecule has 0 amide bonds. The molecule has 0 saturated carbocycles. The molecule has 170 valence electrons. The number of alkyl halides is 3. The summed E-state index contributed by atoms with van der Waals surface area (Å²) in [5.41, 5.74) is 0. The molecule has 1 unspecified atom stereocenters. The summed E-state index contributed by atoms with van der Waals surface area (Å²) in [6, 6.07) is 3.93. The molecule has 1 aromatic carbocycles. The summed E-state index contributed by atoms with van der Waals surface area (Å²) in [5, 5.41) is -1.05. The smallest absolute Gasteiger partial charge is 0.406 e. The Kier molecular flexibility index (Phi) is 6.14. The largest absolute Gasteiger partial charge is 0.573 e. The van der Waals surface area contributed by atoms with Crippen LogP contribution in [0.1, 0.15) is 6.42 Å². The first-order chi connectivity index (χ1) is 13.7. The van der Waals surface area contributed by atoms with Crippen LogP contribution >= 0.6 is 0 Å². The number of hydrogen-bond acceptors (Lipinski definition) is 7. The van der Waals surface area contributed by atoms with Gasteiger partial charge in [0.05, 0.1) is 21.7 Å². The third-order valence-electron chi connectivity index (χ3n) is 4.85. The van der Waals surface area contributed by atoms with Crippen molar-refractivity contribution < 1.29 is 43.2 Å². The van der Waals surface area contributed by atoms with Crippen LogP contribution < -0.4 is 4.74 Å². The Morgan fingerprint density at radius 1 is 1.00 bits per heavy atom. The van der Waals surface area contributed by atoms with Crippen LogP contribution in [0, 0.1) is 0 Å². The van der Waals surface area contributed by atoms with Crippen molar-refractivity contribution in [2.45, 2.75) is 22.9 Å². The Hall–Kier alpha value is -1.42. The topological polar surface area (TPSA) is 118 Å². The van der Waals surface area contributed by atoms with E-state index in [0.717, 1.165) is 32.9 Å². The number of piperazine rings is 1. The lowest BCUT2D eigenvalue weighted by molar-refractivity contribution is -0.274. The summed E-state index contributed by atoms with van der Waals surface area (Å²) in [7, 11) is -11.5. The quantitative estimate of drug-likeness (QED) is 0.584. The molecule has 15 heteroatoms. The van der Waals surface area contributed by atoms with Crippen molar-refractivity contribution in [2.24, 2.45) is 0 Å². The van der Waals surface area contributed by atoms with Gasteiger partial charge in [0.15, 0.2) is 9.84 Å². The van der Waals surface area contributed by atoms with Gasteiger partial charge in [-0.25, -0.2) is 25.3 Å². The highest BCUT2D eigenvalue weighted by Gasteiger charge is 2.42. The van der Waals surface area contributed by atoms with Gasteiger partial charge in [-0.1, -0.05) is 6.07 Å². The fourth-order valence-electron chi connectivity index (χ4n) is 3.35. The zero-order valence-corrected chi connectivity index (χ0v) is 17.9. The molecule has 0 N–H and O–H groups in total. The van der Waals surface area contributed by atoms with Crippen molar-refractivity contribution in [2.75, 3.05) is 37.7 Å². The first-order valence-electron chi connectivity index (χ1n) is 8.76. The van der Waals surface area contributed by atoms with Gasteiger partial charge in [-0.2, -0.15) is 8.61 Å². The van der Waals surface area contributed by atoms with Gasteiger partial charge in [0.1, 0.15) is 5.75 Å². The van der Waals surface area contributed by atoms with E-state index < -0.39 is 57.9 Å². The number of hydrogen-bond donors (Lipinski definition) is 0. The number of rotatable bonds is 5. The third kappa shape index (κ3) is 5.07. The Labute approximate surface area is 172 Å². The Bertz CT molecular complexity index is 1110. The average Bonchev–Trinajstić information content (AvgIpc) is 3.01. The number of sulfonamides is 2. The fourth-order valence-corrected chi connectivity index (χ4v) is 9.32. The van der Waals surface area contributed by atoms with Gasteiger partial charge in [0.25, 0.3) is 0 Å². The van der Waals surface area contributed by atoms with E-state index in [-0.39, 0.29) is 38.4 Å². The summed E-state index contributed by atoms with van der Waals surface area (Å²) in [4.78, 5) is -0.414. The number of benzene rings is 1. The standard InChI is InChI=1S/C15H19F3N2O7S3/c16-15(17,18)27-12-2-1-3-13(10-12)29(23,24)19-5-7-20(8-6-19)30(25,26)14-4-9-28(21,22)11-14/h1-3,10,14H,4-9,11H2. The second kappa shape index (κ2) is 7.93. The molecule has 2 aliphatic rings. The molecule has 1 atom stereocenters. The molecule has 0 aliphatic carbocycles. The van der Waals surface area contributed by atoms with Crippen LogP contribution in [-0.4, -0.2) is 83.2 Å². The number of halogens is 3. The first-order valence-corrected chi connectivity index (χ1v) is 13.5. The zero-order chi connectivity index (χ0) is 22.4. The van der Waals surface area contributed by atoms with Gasteiger partial charge in [-0.3, -0.25) is 0 Å². The maximum atomic E-state index is 12.7. The predicted molar refractivity (Wildman–Crippen MR) is 99.4 cm³/mol. The zero-order valence-electron chi connectivity index (χ0n) is 15.4. The lowest BCUT2D eigenvalue weighted by Crippen LogP contribution is -2.52. The van der Waals surface area contributed by atoms with Gasteiger partial charge >= 0.3 is 6.36 Å². The molecule has 1 aromatic rings. The minimum Gasteiger partial charge on any atom is -0.406 e. The summed E-state index contributed by atoms with van der Waals surface area (Å²) < 4.78 is 117. The lowest BCUT2D eigenvalue weighted by Gasteiger charge is -2.34. The van der Waals surface area contributed by atoms with E-state index in [1.807, 2.05) is 0 Å². The highest BCUT2D eigenvalue weighted by molar-refractivity contribution is 7.95. The number of nitrogens with zero attached hydrogens (tertiary/aromatic N) is 2. The second-order valence-corrected chi connectivity index (χ2v) is 13.3. The predicted octanol–water partition coefficient (Wildman–Crippen LogP) is 0.408. The first kappa shape index (κ1) is 23.2. The molecule has 9 nitrogen and oxygen atoms in total. The maximum absolute atomic E-state index is 12.7. The Balaban J connectivity index is 1.71. The molecule has 3 rings (SSSR count). The van der Waals surface area contributed by atoms with Gasteiger partial charge in [-0.05, 0) is 18.6 Å². The van der Waals surface area contributed by atoms with Gasteiger partial charge in [-0.15, -0.1) is 13.2 Å². The molecule has 30 heavy (non-hydrogen) atoms. The van der Waals surface area contributed by atoms with Crippen LogP contribution in [0.4, 0.5) is 13.2 Å². The van der Waals surface area contributed by atoms with E-state index in [9.17, 15) is 38.4 Å². The van der Waals surface area contributed by atoms with E-state index in [4.69, 9.17) is 0 Å². The van der Waals surface area contributed by atoms with Crippen molar-refractivity contribution in [1.29, 1.82) is 0 Å². The maximum Gasteiger partial charge on any atom is 0.573 e. The third-order valence-corrected chi connectivity index (χ3v) is 11.0. The molecule has 2 heterocycles. The van der Waals surface area contributed by atoms with Crippen molar-refractivity contribution >= 4 is 29.9 Å². The van der Waals surface area contributed by atoms with Crippen molar-refractivity contribution in [3.8, 4) is 5.75 Å². The summed E-state index contributed by atoms with van der Waals surface area (Å²) in [6.45, 7) is -0.801. The summed E-state index contributed by atoms with van der Waals surface area (Å²) >= 11 is 0. The molecule has 0 radical (unpaired) electrons. The molecular weight excluding hydrogens is 473 g/mol. The van der Waals surface area contributed by atoms with Gasteiger partial charge in [0.2, 0.25) is 20.0 Å². The van der Waals surface area contributed by atoms with E-state index in [2.05, 4.69) is 4.74 Å². The van der Waals surface area contributed by atoms with Crippen LogP contribution in [0.2, 0.25) is 0 Å². The molecule has 0 bridgehead atoms. The highest BCUT2D eigenvalue weighted by Crippen LogP contribution is 2.28. The van der Waals surface area contributed by atoms with Gasteiger partial charge < -0.3 is 4.74 Å². The Morgan fingerprint density at radius 2 is 1.60 bits per heavy atom. The molecule has 2 fully saturated rings. The highest BCUT2D eigenvalue weighted by atomic mass is 32.2. The van der Waals surface area contributed by atoms with E-state index in [0.29, 0.717) is 0 Å². The van der Waals surface area contributed by atoms with Crippen molar-refractivity contribution in [1.82, 2.24) is 8.61 Å².